The first kappa shape index (κ1) is 31.4. The minimum atomic E-state index is -3.64. The molecule has 3 aromatic carbocycles. The van der Waals surface area contributed by atoms with Crippen LogP contribution in [0.15, 0.2) is 77.3 Å². The standard InChI is InChI=1S/C31H36BrN3O6S/c1-3-17-33-31(37)27(19-23-8-5-4-6-9-23)34(21-24-11-13-25(32)14-12-24)30(36)10-7-18-35(42(2,38)39)26-15-16-28-29(20-26)41-22-40-28/h4-6,8-9,11-16,20,27H,3,7,10,17-19,21-22H2,1-2H3,(H,33,37)/t27-/m0/s1. The van der Waals surface area contributed by atoms with E-state index in [-0.39, 0.29) is 44.5 Å². The monoisotopic (exact) mass is 657 g/mol. The van der Waals surface area contributed by atoms with Gasteiger partial charge in [0.2, 0.25) is 28.6 Å². The zero-order valence-electron chi connectivity index (χ0n) is 23.8. The molecule has 0 bridgehead atoms. The fourth-order valence-corrected chi connectivity index (χ4v) is 5.97. The molecular formula is C31H36BrN3O6S. The fraction of sp³-hybridized carbons (Fsp3) is 0.355. The summed E-state index contributed by atoms with van der Waals surface area (Å²) in [6.07, 6.45) is 2.56. The third-order valence-corrected chi connectivity index (χ3v) is 8.61. The van der Waals surface area contributed by atoms with Crippen molar-refractivity contribution in [2.75, 3.05) is 30.4 Å². The summed E-state index contributed by atoms with van der Waals surface area (Å²) in [5.41, 5.74) is 2.25. The average molecular weight is 659 g/mol. The van der Waals surface area contributed by atoms with E-state index < -0.39 is 16.1 Å². The second-order valence-corrected chi connectivity index (χ2v) is 12.9. The Labute approximate surface area is 256 Å². The van der Waals surface area contributed by atoms with Crippen LogP contribution in [0.4, 0.5) is 5.69 Å². The highest BCUT2D eigenvalue weighted by Gasteiger charge is 2.30. The number of fused-ring (bicyclic) bond motifs is 1. The van der Waals surface area contributed by atoms with E-state index in [4.69, 9.17) is 9.47 Å². The lowest BCUT2D eigenvalue weighted by Gasteiger charge is -2.32. The maximum atomic E-state index is 13.9. The van der Waals surface area contributed by atoms with Crippen LogP contribution >= 0.6 is 15.9 Å². The fourth-order valence-electron chi connectivity index (χ4n) is 4.75. The van der Waals surface area contributed by atoms with E-state index in [0.29, 0.717) is 30.2 Å². The molecule has 0 radical (unpaired) electrons. The molecule has 1 aliphatic heterocycles. The van der Waals surface area contributed by atoms with Crippen molar-refractivity contribution in [1.82, 2.24) is 10.2 Å². The summed E-state index contributed by atoms with van der Waals surface area (Å²) in [6.45, 7) is 2.88. The molecule has 3 aromatic rings. The van der Waals surface area contributed by atoms with Crippen LogP contribution in [0.3, 0.4) is 0 Å². The minimum Gasteiger partial charge on any atom is -0.454 e. The average Bonchev–Trinajstić information content (AvgIpc) is 3.44. The van der Waals surface area contributed by atoms with Gasteiger partial charge in [0.1, 0.15) is 6.04 Å². The zero-order valence-corrected chi connectivity index (χ0v) is 26.2. The first-order valence-corrected chi connectivity index (χ1v) is 16.5. The predicted molar refractivity (Wildman–Crippen MR) is 166 cm³/mol. The summed E-state index contributed by atoms with van der Waals surface area (Å²) in [4.78, 5) is 29.0. The first-order chi connectivity index (χ1) is 20.2. The minimum absolute atomic E-state index is 0.0550. The number of hydrogen-bond acceptors (Lipinski definition) is 6. The number of carbonyl (C=O) groups is 2. The van der Waals surface area contributed by atoms with Gasteiger partial charge in [-0.3, -0.25) is 13.9 Å². The number of sulfonamides is 1. The molecule has 1 aliphatic rings. The first-order valence-electron chi connectivity index (χ1n) is 13.9. The van der Waals surface area contributed by atoms with Crippen molar-refractivity contribution in [3.8, 4) is 11.5 Å². The second kappa shape index (κ2) is 14.6. The maximum Gasteiger partial charge on any atom is 0.243 e. The van der Waals surface area contributed by atoms with Crippen LogP contribution in [0.25, 0.3) is 0 Å². The number of rotatable bonds is 14. The Morgan fingerprint density at radius 2 is 1.69 bits per heavy atom. The van der Waals surface area contributed by atoms with Crippen LogP contribution < -0.4 is 19.1 Å². The molecule has 2 amide bonds. The lowest BCUT2D eigenvalue weighted by atomic mass is 10.0. The smallest absolute Gasteiger partial charge is 0.243 e. The van der Waals surface area contributed by atoms with Gasteiger partial charge in [0.15, 0.2) is 11.5 Å². The van der Waals surface area contributed by atoms with E-state index in [9.17, 15) is 18.0 Å². The second-order valence-electron chi connectivity index (χ2n) is 10.1. The summed E-state index contributed by atoms with van der Waals surface area (Å²) in [7, 11) is -3.64. The van der Waals surface area contributed by atoms with Gasteiger partial charge in [0.25, 0.3) is 0 Å². The molecule has 0 fully saturated rings. The summed E-state index contributed by atoms with van der Waals surface area (Å²) >= 11 is 3.45. The van der Waals surface area contributed by atoms with Gasteiger partial charge >= 0.3 is 0 Å². The highest BCUT2D eigenvalue weighted by molar-refractivity contribution is 9.10. The molecule has 0 saturated carbocycles. The van der Waals surface area contributed by atoms with Crippen LogP contribution in [-0.4, -0.2) is 57.3 Å². The third-order valence-electron chi connectivity index (χ3n) is 6.88. The van der Waals surface area contributed by atoms with Crippen molar-refractivity contribution < 1.29 is 27.5 Å². The van der Waals surface area contributed by atoms with Crippen LogP contribution in [0, 0.1) is 0 Å². The normalized spacial score (nSPS) is 12.9. The van der Waals surface area contributed by atoms with Crippen molar-refractivity contribution in [3.63, 3.8) is 0 Å². The molecule has 1 N–H and O–H groups in total. The highest BCUT2D eigenvalue weighted by Crippen LogP contribution is 2.36. The highest BCUT2D eigenvalue weighted by atomic mass is 79.9. The Morgan fingerprint density at radius 1 is 0.976 bits per heavy atom. The summed E-state index contributed by atoms with van der Waals surface area (Å²) < 4.78 is 38.4. The number of carbonyl (C=O) groups excluding carboxylic acids is 2. The molecule has 4 rings (SSSR count). The van der Waals surface area contributed by atoms with Gasteiger partial charge in [-0.25, -0.2) is 8.42 Å². The summed E-state index contributed by atoms with van der Waals surface area (Å²) in [5.74, 6) is 0.574. The van der Waals surface area contributed by atoms with Gasteiger partial charge in [0.05, 0.1) is 11.9 Å². The molecule has 9 nitrogen and oxygen atoms in total. The molecule has 0 saturated heterocycles. The van der Waals surface area contributed by atoms with Crippen molar-refractivity contribution in [2.24, 2.45) is 0 Å². The number of halogens is 1. The molecule has 0 unspecified atom stereocenters. The van der Waals surface area contributed by atoms with Crippen LogP contribution in [0.2, 0.25) is 0 Å². The van der Waals surface area contributed by atoms with Gasteiger partial charge < -0.3 is 19.7 Å². The molecular weight excluding hydrogens is 622 g/mol. The van der Waals surface area contributed by atoms with Gasteiger partial charge in [-0.2, -0.15) is 0 Å². The van der Waals surface area contributed by atoms with E-state index in [1.54, 1.807) is 23.1 Å². The largest absolute Gasteiger partial charge is 0.454 e. The van der Waals surface area contributed by atoms with Gasteiger partial charge in [-0.1, -0.05) is 65.3 Å². The molecule has 0 aliphatic carbocycles. The quantitative estimate of drug-likeness (QED) is 0.265. The Balaban J connectivity index is 1.56. The molecule has 1 atom stereocenters. The third kappa shape index (κ3) is 8.48. The van der Waals surface area contributed by atoms with E-state index in [0.717, 1.165) is 28.3 Å². The Kier molecular flexibility index (Phi) is 10.9. The van der Waals surface area contributed by atoms with Crippen molar-refractivity contribution in [2.45, 2.75) is 45.2 Å². The molecule has 0 aromatic heterocycles. The summed E-state index contributed by atoms with van der Waals surface area (Å²) in [5, 5.41) is 2.97. The predicted octanol–water partition coefficient (Wildman–Crippen LogP) is 4.89. The van der Waals surface area contributed by atoms with Crippen LogP contribution in [-0.2, 0) is 32.6 Å². The van der Waals surface area contributed by atoms with E-state index in [1.807, 2.05) is 61.5 Å². The number of amides is 2. The Morgan fingerprint density at radius 3 is 2.38 bits per heavy atom. The van der Waals surface area contributed by atoms with E-state index >= 15 is 0 Å². The lowest BCUT2D eigenvalue weighted by molar-refractivity contribution is -0.141. The van der Waals surface area contributed by atoms with Crippen LogP contribution in [0.1, 0.15) is 37.3 Å². The van der Waals surface area contributed by atoms with Gasteiger partial charge in [-0.05, 0) is 48.2 Å². The van der Waals surface area contributed by atoms with Gasteiger partial charge in [0, 0.05) is 43.0 Å². The van der Waals surface area contributed by atoms with E-state index in [1.165, 1.54) is 4.31 Å². The number of nitrogens with one attached hydrogen (secondary N) is 1. The topological polar surface area (TPSA) is 105 Å². The molecule has 42 heavy (non-hydrogen) atoms. The molecule has 1 heterocycles. The zero-order chi connectivity index (χ0) is 30.1. The number of nitrogens with zero attached hydrogens (tertiary/aromatic N) is 2. The lowest BCUT2D eigenvalue weighted by Crippen LogP contribution is -2.50. The number of ether oxygens (including phenoxy) is 2. The van der Waals surface area contributed by atoms with Crippen molar-refractivity contribution in [3.05, 3.63) is 88.4 Å². The Hall–Kier alpha value is -3.57. The van der Waals surface area contributed by atoms with Gasteiger partial charge in [-0.15, -0.1) is 0 Å². The van der Waals surface area contributed by atoms with Crippen molar-refractivity contribution >= 4 is 43.5 Å². The molecule has 0 spiro atoms. The van der Waals surface area contributed by atoms with E-state index in [2.05, 4.69) is 21.2 Å². The number of hydrogen-bond donors (Lipinski definition) is 1. The maximum absolute atomic E-state index is 13.9. The molecule has 11 heteroatoms. The molecule has 224 valence electrons. The van der Waals surface area contributed by atoms with Crippen molar-refractivity contribution in [1.29, 1.82) is 0 Å². The number of anilines is 1. The SMILES string of the molecule is CCCNC(=O)[C@H](Cc1ccccc1)N(Cc1ccc(Br)cc1)C(=O)CCCN(c1ccc2c(c1)OCO2)S(C)(=O)=O. The number of benzene rings is 3. The summed E-state index contributed by atoms with van der Waals surface area (Å²) in [6, 6.07) is 21.5. The Bertz CT molecular complexity index is 1470. The van der Waals surface area contributed by atoms with Crippen LogP contribution in [0.5, 0.6) is 11.5 Å².